The summed E-state index contributed by atoms with van der Waals surface area (Å²) >= 11 is 0. The molecule has 0 saturated heterocycles. The molecule has 122 valence electrons. The first kappa shape index (κ1) is 15.7. The minimum Gasteiger partial charge on any atom is -0.464 e. The maximum Gasteiger partial charge on any atom is 0.357 e. The van der Waals surface area contributed by atoms with Crippen molar-refractivity contribution in [2.24, 2.45) is 0 Å². The van der Waals surface area contributed by atoms with E-state index in [1.54, 1.807) is 24.3 Å². The van der Waals surface area contributed by atoms with E-state index in [9.17, 15) is 14.0 Å². The molecule has 0 fully saturated rings. The number of halogens is 1. The normalized spacial score (nSPS) is 10.6. The summed E-state index contributed by atoms with van der Waals surface area (Å²) in [6.07, 6.45) is 0. The average Bonchev–Trinajstić information content (AvgIpc) is 2.61. The van der Waals surface area contributed by atoms with Crippen LogP contribution in [0.4, 0.5) is 4.39 Å². The molecule has 1 heterocycles. The zero-order valence-electron chi connectivity index (χ0n) is 13.2. The Hall–Kier alpha value is -3.15. The summed E-state index contributed by atoms with van der Waals surface area (Å²) in [5.74, 6) is -1.18. The van der Waals surface area contributed by atoms with Crippen molar-refractivity contribution in [3.8, 4) is 11.1 Å². The van der Waals surface area contributed by atoms with Gasteiger partial charge in [-0.3, -0.25) is 4.79 Å². The molecule has 2 aromatic carbocycles. The van der Waals surface area contributed by atoms with Crippen molar-refractivity contribution in [2.45, 2.75) is 0 Å². The number of rotatable bonds is 3. The van der Waals surface area contributed by atoms with E-state index < -0.39 is 17.3 Å². The van der Waals surface area contributed by atoms with Gasteiger partial charge >= 0.3 is 5.97 Å². The van der Waals surface area contributed by atoms with Gasteiger partial charge in [-0.1, -0.05) is 30.3 Å². The number of benzene rings is 2. The molecule has 0 bridgehead atoms. The molecule has 0 unspecified atom stereocenters. The minimum atomic E-state index is -0.688. The largest absolute Gasteiger partial charge is 0.464 e. The highest BCUT2D eigenvalue weighted by Crippen LogP contribution is 2.31. The van der Waals surface area contributed by atoms with Gasteiger partial charge in [0.2, 0.25) is 0 Å². The fraction of sp³-hybridized carbons (Fsp3) is 0.111. The van der Waals surface area contributed by atoms with Crippen LogP contribution >= 0.6 is 0 Å². The van der Waals surface area contributed by atoms with E-state index in [0.29, 0.717) is 21.9 Å². The van der Waals surface area contributed by atoms with Crippen LogP contribution in [0.2, 0.25) is 0 Å². The van der Waals surface area contributed by atoms with Crippen LogP contribution in [0, 0.1) is 5.82 Å². The highest BCUT2D eigenvalue weighted by molar-refractivity contribution is 6.06. The Bertz CT molecular complexity index is 981. The number of hydrogen-bond acceptors (Lipinski definition) is 4. The number of aromatic nitrogens is 1. The van der Waals surface area contributed by atoms with Gasteiger partial charge in [0.25, 0.3) is 5.56 Å². The molecule has 1 N–H and O–H groups in total. The van der Waals surface area contributed by atoms with Gasteiger partial charge in [-0.2, -0.15) is 0 Å². The molecule has 0 radical (unpaired) electrons. The molecule has 1 aromatic heterocycles. The molecule has 5 nitrogen and oxygen atoms in total. The van der Waals surface area contributed by atoms with E-state index in [1.807, 2.05) is 6.07 Å². The van der Waals surface area contributed by atoms with Crippen LogP contribution in [0.15, 0.2) is 53.3 Å². The smallest absolute Gasteiger partial charge is 0.357 e. The van der Waals surface area contributed by atoms with Gasteiger partial charge in [-0.25, -0.2) is 13.9 Å². The van der Waals surface area contributed by atoms with E-state index in [2.05, 4.69) is 5.43 Å². The molecule has 0 aliphatic carbocycles. The lowest BCUT2D eigenvalue weighted by Gasteiger charge is -2.18. The lowest BCUT2D eigenvalue weighted by molar-refractivity contribution is 0.0590. The topological polar surface area (TPSA) is 60.3 Å². The number of methoxy groups -OCH3 is 1. The molecule has 0 aliphatic rings. The first-order valence-electron chi connectivity index (χ1n) is 7.28. The number of ether oxygens (including phenoxy) is 1. The molecular formula is C18H15FN2O3. The van der Waals surface area contributed by atoms with Crippen LogP contribution in [0.5, 0.6) is 0 Å². The summed E-state index contributed by atoms with van der Waals surface area (Å²) in [7, 11) is 2.76. The van der Waals surface area contributed by atoms with Gasteiger partial charge in [0.05, 0.1) is 7.11 Å². The SMILES string of the molecule is CNn1c(C(=O)OC)c(-c2ccccc2)c2cc(F)ccc2c1=O. The third-order valence-corrected chi connectivity index (χ3v) is 3.81. The van der Waals surface area contributed by atoms with Crippen molar-refractivity contribution in [2.75, 3.05) is 19.6 Å². The Kier molecular flexibility index (Phi) is 4.04. The van der Waals surface area contributed by atoms with Crippen LogP contribution in [0.3, 0.4) is 0 Å². The fourth-order valence-electron chi connectivity index (χ4n) is 2.77. The van der Waals surface area contributed by atoms with Crippen LogP contribution in [0.1, 0.15) is 10.5 Å². The van der Waals surface area contributed by atoms with Crippen molar-refractivity contribution in [1.29, 1.82) is 0 Å². The molecule has 0 saturated carbocycles. The van der Waals surface area contributed by atoms with Gasteiger partial charge in [0, 0.05) is 23.4 Å². The quantitative estimate of drug-likeness (QED) is 0.752. The second kappa shape index (κ2) is 6.16. The van der Waals surface area contributed by atoms with Crippen LogP contribution in [-0.4, -0.2) is 24.8 Å². The standard InChI is InChI=1S/C18H15FN2O3/c1-20-21-16(18(23)24-2)15(11-6-4-3-5-7-11)14-10-12(19)8-9-13(14)17(21)22/h3-10,20H,1-2H3. The summed E-state index contributed by atoms with van der Waals surface area (Å²) in [6.45, 7) is 0. The number of carbonyl (C=O) groups is 1. The number of esters is 1. The maximum absolute atomic E-state index is 13.8. The highest BCUT2D eigenvalue weighted by Gasteiger charge is 2.24. The summed E-state index contributed by atoms with van der Waals surface area (Å²) in [5, 5.41) is 0.662. The number of pyridine rings is 1. The van der Waals surface area contributed by atoms with Crippen molar-refractivity contribution < 1.29 is 13.9 Å². The number of hydrogen-bond donors (Lipinski definition) is 1. The van der Waals surface area contributed by atoms with Gasteiger partial charge < -0.3 is 10.2 Å². The van der Waals surface area contributed by atoms with Gasteiger partial charge in [0.1, 0.15) is 5.82 Å². The van der Waals surface area contributed by atoms with Crippen molar-refractivity contribution in [3.63, 3.8) is 0 Å². The molecule has 24 heavy (non-hydrogen) atoms. The number of nitrogens with one attached hydrogen (secondary N) is 1. The van der Waals surface area contributed by atoms with E-state index in [0.717, 1.165) is 4.68 Å². The first-order valence-corrected chi connectivity index (χ1v) is 7.28. The molecule has 0 spiro atoms. The van der Waals surface area contributed by atoms with Crippen LogP contribution in [-0.2, 0) is 4.74 Å². The molecule has 0 atom stereocenters. The van der Waals surface area contributed by atoms with Gasteiger partial charge in [-0.15, -0.1) is 0 Å². The monoisotopic (exact) mass is 326 g/mol. The lowest BCUT2D eigenvalue weighted by Crippen LogP contribution is -2.33. The summed E-state index contributed by atoms with van der Waals surface area (Å²) in [4.78, 5) is 25.0. The van der Waals surface area contributed by atoms with E-state index in [4.69, 9.17) is 4.74 Å². The Morgan fingerprint density at radius 1 is 1.12 bits per heavy atom. The molecule has 6 heteroatoms. The third kappa shape index (κ3) is 2.42. The van der Waals surface area contributed by atoms with E-state index in [1.165, 1.54) is 32.4 Å². The second-order valence-electron chi connectivity index (χ2n) is 5.14. The number of fused-ring (bicyclic) bond motifs is 1. The second-order valence-corrected chi connectivity index (χ2v) is 5.14. The molecule has 0 aliphatic heterocycles. The number of carbonyl (C=O) groups excluding carboxylic acids is 1. The summed E-state index contributed by atoms with van der Waals surface area (Å²) < 4.78 is 19.8. The predicted molar refractivity (Wildman–Crippen MR) is 90.2 cm³/mol. The van der Waals surface area contributed by atoms with E-state index in [-0.39, 0.29) is 5.69 Å². The van der Waals surface area contributed by atoms with Crippen LogP contribution < -0.4 is 11.0 Å². The zero-order valence-corrected chi connectivity index (χ0v) is 13.2. The fourth-order valence-corrected chi connectivity index (χ4v) is 2.77. The van der Waals surface area contributed by atoms with Gasteiger partial charge in [0.15, 0.2) is 5.69 Å². The van der Waals surface area contributed by atoms with E-state index >= 15 is 0 Å². The maximum atomic E-state index is 13.8. The Morgan fingerprint density at radius 2 is 1.83 bits per heavy atom. The summed E-state index contributed by atoms with van der Waals surface area (Å²) in [5.41, 5.74) is 3.39. The Balaban J connectivity index is 2.58. The predicted octanol–water partition coefficient (Wildman–Crippen LogP) is 2.77. The molecule has 3 rings (SSSR count). The molecule has 3 aromatic rings. The van der Waals surface area contributed by atoms with Crippen molar-refractivity contribution >= 4 is 16.7 Å². The van der Waals surface area contributed by atoms with Crippen molar-refractivity contribution in [3.05, 3.63) is 70.4 Å². The Morgan fingerprint density at radius 3 is 2.46 bits per heavy atom. The molecule has 0 amide bonds. The summed E-state index contributed by atoms with van der Waals surface area (Å²) in [6, 6.07) is 12.9. The lowest BCUT2D eigenvalue weighted by atomic mass is 9.97. The number of nitrogens with zero attached hydrogens (tertiary/aromatic N) is 1. The van der Waals surface area contributed by atoms with Crippen LogP contribution in [0.25, 0.3) is 21.9 Å². The van der Waals surface area contributed by atoms with Crippen molar-refractivity contribution in [1.82, 2.24) is 4.68 Å². The van der Waals surface area contributed by atoms with Gasteiger partial charge in [-0.05, 0) is 23.8 Å². The highest BCUT2D eigenvalue weighted by atomic mass is 19.1. The zero-order chi connectivity index (χ0) is 17.3. The Labute approximate surface area is 137 Å². The third-order valence-electron chi connectivity index (χ3n) is 3.81. The average molecular weight is 326 g/mol. The minimum absolute atomic E-state index is 0.0225. The molecular weight excluding hydrogens is 311 g/mol. The first-order chi connectivity index (χ1) is 11.6.